The van der Waals surface area contributed by atoms with E-state index in [0.29, 0.717) is 17.8 Å². The molecule has 0 aliphatic heterocycles. The van der Waals surface area contributed by atoms with Crippen molar-refractivity contribution in [2.24, 2.45) is 59.2 Å². The molecule has 0 spiro atoms. The van der Waals surface area contributed by atoms with Crippen LogP contribution in [0.4, 0.5) is 0 Å². The predicted molar refractivity (Wildman–Crippen MR) is 131 cm³/mol. The van der Waals surface area contributed by atoms with Gasteiger partial charge in [-0.1, -0.05) is 85.0 Å². The Balaban J connectivity index is 1.13. The predicted octanol–water partition coefficient (Wildman–Crippen LogP) is 9.03. The lowest BCUT2D eigenvalue weighted by atomic mass is 9.62. The molecule has 0 amide bonds. The van der Waals surface area contributed by atoms with Gasteiger partial charge in [-0.3, -0.25) is 0 Å². The summed E-state index contributed by atoms with van der Waals surface area (Å²) >= 11 is 0. The standard InChI is InChI=1S/C30H51N/c1-21-4-6-24(7-5-21)18-25-8-10-26(11-9-25)19-27-12-14-28(15-13-27)29-16-22(2)30(20-31)23(3)17-29/h21-30H,4-19H2,1-3H3. The molecule has 176 valence electrons. The molecule has 0 aromatic heterocycles. The number of nitriles is 1. The lowest BCUT2D eigenvalue weighted by molar-refractivity contribution is 0.0862. The Labute approximate surface area is 194 Å². The van der Waals surface area contributed by atoms with Crippen molar-refractivity contribution in [3.05, 3.63) is 0 Å². The molecule has 0 aromatic rings. The Morgan fingerprint density at radius 2 is 0.935 bits per heavy atom. The van der Waals surface area contributed by atoms with Gasteiger partial charge >= 0.3 is 0 Å². The van der Waals surface area contributed by atoms with Crippen LogP contribution in [0, 0.1) is 70.5 Å². The van der Waals surface area contributed by atoms with Crippen LogP contribution in [0.25, 0.3) is 0 Å². The van der Waals surface area contributed by atoms with Crippen LogP contribution in [0.1, 0.15) is 124 Å². The number of hydrogen-bond acceptors (Lipinski definition) is 1. The zero-order chi connectivity index (χ0) is 21.8. The summed E-state index contributed by atoms with van der Waals surface area (Å²) in [5, 5.41) is 9.48. The fourth-order valence-electron chi connectivity index (χ4n) is 8.65. The quantitative estimate of drug-likeness (QED) is 0.431. The molecule has 2 atom stereocenters. The molecule has 4 aliphatic carbocycles. The summed E-state index contributed by atoms with van der Waals surface area (Å²) in [6.45, 7) is 7.13. The molecule has 4 fully saturated rings. The van der Waals surface area contributed by atoms with E-state index in [-0.39, 0.29) is 0 Å². The number of hydrogen-bond donors (Lipinski definition) is 0. The highest BCUT2D eigenvalue weighted by molar-refractivity contribution is 4.96. The molecule has 4 rings (SSSR count). The van der Waals surface area contributed by atoms with Gasteiger partial charge in [0.1, 0.15) is 0 Å². The zero-order valence-corrected chi connectivity index (χ0v) is 21.0. The Bertz CT molecular complexity index is 554. The van der Waals surface area contributed by atoms with E-state index < -0.39 is 0 Å². The average molecular weight is 426 g/mol. The highest BCUT2D eigenvalue weighted by Crippen LogP contribution is 2.47. The monoisotopic (exact) mass is 425 g/mol. The van der Waals surface area contributed by atoms with Gasteiger partial charge in [0.25, 0.3) is 0 Å². The summed E-state index contributed by atoms with van der Waals surface area (Å²) < 4.78 is 0. The third-order valence-electron chi connectivity index (χ3n) is 10.7. The van der Waals surface area contributed by atoms with E-state index in [9.17, 15) is 5.26 Å². The van der Waals surface area contributed by atoms with Gasteiger partial charge in [0.05, 0.1) is 12.0 Å². The molecule has 31 heavy (non-hydrogen) atoms. The van der Waals surface area contributed by atoms with Crippen molar-refractivity contribution < 1.29 is 0 Å². The lowest BCUT2D eigenvalue weighted by Crippen LogP contribution is -2.34. The number of nitrogens with zero attached hydrogens (tertiary/aromatic N) is 1. The average Bonchev–Trinajstić information content (AvgIpc) is 2.77. The minimum atomic E-state index is 0.310. The van der Waals surface area contributed by atoms with Gasteiger partial charge in [0.2, 0.25) is 0 Å². The van der Waals surface area contributed by atoms with Crippen molar-refractivity contribution in [2.45, 2.75) is 124 Å². The first-order chi connectivity index (χ1) is 15.0. The molecule has 4 aliphatic rings. The zero-order valence-electron chi connectivity index (χ0n) is 21.0. The van der Waals surface area contributed by atoms with E-state index in [4.69, 9.17) is 0 Å². The SMILES string of the molecule is CC1CCC(CC2CCC(CC3CCC(C4CC(C)C(C#N)C(C)C4)CC3)CC2)CC1. The van der Waals surface area contributed by atoms with Gasteiger partial charge in [-0.15, -0.1) is 0 Å². The Kier molecular flexibility index (Phi) is 8.45. The highest BCUT2D eigenvalue weighted by Gasteiger charge is 2.38. The van der Waals surface area contributed by atoms with Gasteiger partial charge in [0, 0.05) is 0 Å². The second-order valence-electron chi connectivity index (χ2n) is 13.1. The Hall–Kier alpha value is -0.510. The fourth-order valence-corrected chi connectivity index (χ4v) is 8.65. The smallest absolute Gasteiger partial charge is 0.0661 e. The third kappa shape index (κ3) is 6.30. The molecule has 1 nitrogen and oxygen atoms in total. The second kappa shape index (κ2) is 11.1. The Morgan fingerprint density at radius 3 is 1.35 bits per heavy atom. The van der Waals surface area contributed by atoms with Crippen molar-refractivity contribution >= 4 is 0 Å². The highest BCUT2D eigenvalue weighted by atomic mass is 14.4. The summed E-state index contributed by atoms with van der Waals surface area (Å²) in [5.41, 5.74) is 0. The van der Waals surface area contributed by atoms with Crippen LogP contribution >= 0.6 is 0 Å². The Morgan fingerprint density at radius 1 is 0.548 bits per heavy atom. The molecule has 0 bridgehead atoms. The molecule has 0 radical (unpaired) electrons. The van der Waals surface area contributed by atoms with E-state index in [2.05, 4.69) is 26.8 Å². The van der Waals surface area contributed by atoms with E-state index >= 15 is 0 Å². The molecule has 0 heterocycles. The van der Waals surface area contributed by atoms with Gasteiger partial charge in [-0.25, -0.2) is 0 Å². The van der Waals surface area contributed by atoms with Crippen LogP contribution < -0.4 is 0 Å². The summed E-state index contributed by atoms with van der Waals surface area (Å²) in [7, 11) is 0. The van der Waals surface area contributed by atoms with Crippen LogP contribution in [0.2, 0.25) is 0 Å². The van der Waals surface area contributed by atoms with Crippen molar-refractivity contribution in [3.63, 3.8) is 0 Å². The van der Waals surface area contributed by atoms with Crippen LogP contribution in [0.15, 0.2) is 0 Å². The largest absolute Gasteiger partial charge is 0.198 e. The topological polar surface area (TPSA) is 23.8 Å². The molecular weight excluding hydrogens is 374 g/mol. The molecule has 0 aromatic carbocycles. The first kappa shape index (κ1) is 23.6. The molecule has 4 saturated carbocycles. The lowest BCUT2D eigenvalue weighted by Gasteiger charge is -2.42. The van der Waals surface area contributed by atoms with Crippen molar-refractivity contribution in [3.8, 4) is 6.07 Å². The van der Waals surface area contributed by atoms with Crippen LogP contribution in [-0.4, -0.2) is 0 Å². The second-order valence-corrected chi connectivity index (χ2v) is 13.1. The molecule has 2 unspecified atom stereocenters. The maximum absolute atomic E-state index is 9.48. The van der Waals surface area contributed by atoms with Crippen LogP contribution in [0.3, 0.4) is 0 Å². The van der Waals surface area contributed by atoms with Crippen LogP contribution in [-0.2, 0) is 0 Å². The van der Waals surface area contributed by atoms with Gasteiger partial charge in [-0.05, 0) is 91.8 Å². The number of rotatable bonds is 5. The molecule has 0 saturated heterocycles. The normalized spacial score (nSPS) is 46.9. The maximum atomic E-state index is 9.48. The minimum Gasteiger partial charge on any atom is -0.198 e. The minimum absolute atomic E-state index is 0.310. The van der Waals surface area contributed by atoms with Crippen molar-refractivity contribution in [2.75, 3.05) is 0 Å². The fraction of sp³-hybridized carbons (Fsp3) is 0.967. The summed E-state index contributed by atoms with van der Waals surface area (Å²) in [6, 6.07) is 2.61. The van der Waals surface area contributed by atoms with Crippen molar-refractivity contribution in [1.29, 1.82) is 5.26 Å². The molecule has 1 heteroatoms. The van der Waals surface area contributed by atoms with Gasteiger partial charge in [-0.2, -0.15) is 5.26 Å². The first-order valence-electron chi connectivity index (χ1n) is 14.4. The van der Waals surface area contributed by atoms with Crippen molar-refractivity contribution in [1.82, 2.24) is 0 Å². The van der Waals surface area contributed by atoms with E-state index in [1.807, 2.05) is 0 Å². The van der Waals surface area contributed by atoms with E-state index in [0.717, 1.165) is 41.4 Å². The molecular formula is C30H51N. The summed E-state index contributed by atoms with van der Waals surface area (Å²) in [4.78, 5) is 0. The van der Waals surface area contributed by atoms with E-state index in [1.165, 1.54) is 64.2 Å². The third-order valence-corrected chi connectivity index (χ3v) is 10.7. The van der Waals surface area contributed by atoms with Gasteiger partial charge < -0.3 is 0 Å². The van der Waals surface area contributed by atoms with E-state index in [1.54, 1.807) is 38.5 Å². The summed E-state index contributed by atoms with van der Waals surface area (Å²) in [5.74, 6) is 8.64. The maximum Gasteiger partial charge on any atom is 0.0661 e. The first-order valence-corrected chi connectivity index (χ1v) is 14.4. The molecule has 0 N–H and O–H groups in total. The van der Waals surface area contributed by atoms with Gasteiger partial charge in [0.15, 0.2) is 0 Å². The van der Waals surface area contributed by atoms with Crippen LogP contribution in [0.5, 0.6) is 0 Å². The summed E-state index contributed by atoms with van der Waals surface area (Å²) in [6.07, 6.45) is 24.0.